The Balaban J connectivity index is 2.10. The minimum Gasteiger partial charge on any atom is -0.493 e. The number of halogens is 1. The molecule has 20 heavy (non-hydrogen) atoms. The highest BCUT2D eigenvalue weighted by atomic mass is 79.9. The lowest BCUT2D eigenvalue weighted by atomic mass is 10.2. The zero-order valence-corrected chi connectivity index (χ0v) is 13.1. The predicted molar refractivity (Wildman–Crippen MR) is 85.0 cm³/mol. The van der Waals surface area contributed by atoms with Gasteiger partial charge in [0.05, 0.1) is 7.11 Å². The van der Waals surface area contributed by atoms with Crippen molar-refractivity contribution in [3.8, 4) is 11.5 Å². The number of benzene rings is 2. The van der Waals surface area contributed by atoms with Gasteiger partial charge in [-0.1, -0.05) is 28.1 Å². The summed E-state index contributed by atoms with van der Waals surface area (Å²) >= 11 is 3.41. The molecule has 2 aromatic carbocycles. The van der Waals surface area contributed by atoms with E-state index >= 15 is 0 Å². The van der Waals surface area contributed by atoms with Gasteiger partial charge in [-0.15, -0.1) is 0 Å². The molecule has 0 unspecified atom stereocenters. The molecule has 0 radical (unpaired) electrons. The Morgan fingerprint density at radius 3 is 2.50 bits per heavy atom. The summed E-state index contributed by atoms with van der Waals surface area (Å²) in [4.78, 5) is 3.99. The first-order chi connectivity index (χ1) is 9.72. The number of rotatable bonds is 5. The molecule has 0 N–H and O–H groups in total. The first-order valence-electron chi connectivity index (χ1n) is 6.20. The van der Waals surface area contributed by atoms with Crippen LogP contribution in [0.4, 0.5) is 0 Å². The lowest BCUT2D eigenvalue weighted by Crippen LogP contribution is -1.98. The van der Waals surface area contributed by atoms with E-state index in [1.54, 1.807) is 20.4 Å². The van der Waals surface area contributed by atoms with Crippen LogP contribution >= 0.6 is 15.9 Å². The second-order valence-corrected chi connectivity index (χ2v) is 5.13. The van der Waals surface area contributed by atoms with Crippen molar-refractivity contribution in [3.05, 3.63) is 58.1 Å². The molecular formula is C16H16BrNO2. The topological polar surface area (TPSA) is 30.8 Å². The molecule has 3 nitrogen and oxygen atoms in total. The quantitative estimate of drug-likeness (QED) is 0.771. The molecule has 0 bridgehead atoms. The van der Waals surface area contributed by atoms with Gasteiger partial charge in [0.15, 0.2) is 11.5 Å². The van der Waals surface area contributed by atoms with Gasteiger partial charge in [-0.25, -0.2) is 0 Å². The molecule has 2 rings (SSSR count). The average Bonchev–Trinajstić information content (AvgIpc) is 2.47. The highest BCUT2D eigenvalue weighted by Crippen LogP contribution is 2.28. The number of hydrogen-bond acceptors (Lipinski definition) is 3. The Morgan fingerprint density at radius 1 is 1.10 bits per heavy atom. The van der Waals surface area contributed by atoms with Gasteiger partial charge in [0.1, 0.15) is 6.61 Å². The molecule has 0 spiro atoms. The highest BCUT2D eigenvalue weighted by Gasteiger charge is 2.05. The van der Waals surface area contributed by atoms with Crippen LogP contribution in [0.2, 0.25) is 0 Å². The van der Waals surface area contributed by atoms with E-state index in [9.17, 15) is 0 Å². The second-order valence-electron chi connectivity index (χ2n) is 4.21. The van der Waals surface area contributed by atoms with Crippen molar-refractivity contribution in [1.82, 2.24) is 0 Å². The Labute approximate surface area is 127 Å². The highest BCUT2D eigenvalue weighted by molar-refractivity contribution is 9.10. The molecule has 104 valence electrons. The van der Waals surface area contributed by atoms with Crippen molar-refractivity contribution in [2.75, 3.05) is 14.2 Å². The van der Waals surface area contributed by atoms with Gasteiger partial charge in [-0.05, 0) is 41.5 Å². The maximum absolute atomic E-state index is 5.80. The van der Waals surface area contributed by atoms with Gasteiger partial charge < -0.3 is 9.47 Å². The Kier molecular flexibility index (Phi) is 5.18. The molecule has 4 heteroatoms. The molecule has 0 saturated heterocycles. The third-order valence-electron chi connectivity index (χ3n) is 2.77. The normalized spacial score (nSPS) is 10.8. The van der Waals surface area contributed by atoms with E-state index in [-0.39, 0.29) is 0 Å². The van der Waals surface area contributed by atoms with E-state index in [1.165, 1.54) is 0 Å². The molecule has 0 heterocycles. The van der Waals surface area contributed by atoms with Crippen molar-refractivity contribution in [2.24, 2.45) is 4.99 Å². The van der Waals surface area contributed by atoms with Crippen LogP contribution in [0.5, 0.6) is 11.5 Å². The van der Waals surface area contributed by atoms with Crippen LogP contribution in [0, 0.1) is 0 Å². The lowest BCUT2D eigenvalue weighted by molar-refractivity contribution is 0.284. The van der Waals surface area contributed by atoms with Crippen molar-refractivity contribution < 1.29 is 9.47 Å². The van der Waals surface area contributed by atoms with Crippen LogP contribution < -0.4 is 9.47 Å². The molecular weight excluding hydrogens is 318 g/mol. The van der Waals surface area contributed by atoms with Gasteiger partial charge in [-0.2, -0.15) is 0 Å². The first kappa shape index (κ1) is 14.6. The van der Waals surface area contributed by atoms with Gasteiger partial charge in [0.2, 0.25) is 0 Å². The maximum atomic E-state index is 5.80. The summed E-state index contributed by atoms with van der Waals surface area (Å²) in [5, 5.41) is 0. The van der Waals surface area contributed by atoms with Crippen LogP contribution in [0.1, 0.15) is 11.1 Å². The molecule has 0 aliphatic rings. The Bertz CT molecular complexity index is 594. The maximum Gasteiger partial charge on any atom is 0.161 e. The first-order valence-corrected chi connectivity index (χ1v) is 6.99. The van der Waals surface area contributed by atoms with Gasteiger partial charge in [-0.3, -0.25) is 4.99 Å². The SMILES string of the molecule is CN=Cc1ccc(OCc2ccc(Br)cc2)c(OC)c1. The van der Waals surface area contributed by atoms with Crippen molar-refractivity contribution in [3.63, 3.8) is 0 Å². The van der Waals surface area contributed by atoms with Crippen molar-refractivity contribution in [2.45, 2.75) is 6.61 Å². The summed E-state index contributed by atoms with van der Waals surface area (Å²) in [7, 11) is 3.37. The molecule has 0 fully saturated rings. The fourth-order valence-electron chi connectivity index (χ4n) is 1.77. The third kappa shape index (κ3) is 3.84. The molecule has 0 amide bonds. The van der Waals surface area contributed by atoms with E-state index in [1.807, 2.05) is 42.5 Å². The number of hydrogen-bond donors (Lipinski definition) is 0. The summed E-state index contributed by atoms with van der Waals surface area (Å²) in [6.45, 7) is 0.505. The number of methoxy groups -OCH3 is 1. The molecule has 0 aliphatic carbocycles. The monoisotopic (exact) mass is 333 g/mol. The Hall–Kier alpha value is -1.81. The van der Waals surface area contributed by atoms with Crippen molar-refractivity contribution in [1.29, 1.82) is 0 Å². The van der Waals surface area contributed by atoms with Crippen LogP contribution in [-0.2, 0) is 6.61 Å². The number of nitrogens with zero attached hydrogens (tertiary/aromatic N) is 1. The van der Waals surface area contributed by atoms with Crippen molar-refractivity contribution >= 4 is 22.1 Å². The smallest absolute Gasteiger partial charge is 0.161 e. The van der Waals surface area contributed by atoms with E-state index in [0.717, 1.165) is 21.3 Å². The summed E-state index contributed by atoms with van der Waals surface area (Å²) < 4.78 is 12.2. The van der Waals surface area contributed by atoms with Crippen LogP contribution in [0.3, 0.4) is 0 Å². The zero-order valence-electron chi connectivity index (χ0n) is 11.5. The average molecular weight is 334 g/mol. The predicted octanol–water partition coefficient (Wildman–Crippen LogP) is 4.09. The van der Waals surface area contributed by atoms with E-state index < -0.39 is 0 Å². The molecule has 2 aromatic rings. The number of aliphatic imine (C=N–C) groups is 1. The summed E-state index contributed by atoms with van der Waals surface area (Å²) in [5.41, 5.74) is 2.09. The largest absolute Gasteiger partial charge is 0.493 e. The lowest BCUT2D eigenvalue weighted by Gasteiger charge is -2.11. The Morgan fingerprint density at radius 2 is 1.85 bits per heavy atom. The van der Waals surface area contributed by atoms with E-state index in [4.69, 9.17) is 9.47 Å². The third-order valence-corrected chi connectivity index (χ3v) is 3.30. The molecule has 0 aromatic heterocycles. The zero-order chi connectivity index (χ0) is 14.4. The standard InChI is InChI=1S/C16H16BrNO2/c1-18-10-13-5-8-15(16(9-13)19-2)20-11-12-3-6-14(17)7-4-12/h3-10H,11H2,1-2H3. The van der Waals surface area contributed by atoms with Gasteiger partial charge in [0.25, 0.3) is 0 Å². The van der Waals surface area contributed by atoms with Crippen LogP contribution in [0.15, 0.2) is 51.9 Å². The van der Waals surface area contributed by atoms with Crippen LogP contribution in [0.25, 0.3) is 0 Å². The van der Waals surface area contributed by atoms with E-state index in [2.05, 4.69) is 20.9 Å². The van der Waals surface area contributed by atoms with Gasteiger partial charge >= 0.3 is 0 Å². The fourth-order valence-corrected chi connectivity index (χ4v) is 2.04. The van der Waals surface area contributed by atoms with Crippen LogP contribution in [-0.4, -0.2) is 20.4 Å². The second kappa shape index (κ2) is 7.10. The molecule has 0 aliphatic heterocycles. The summed E-state index contributed by atoms with van der Waals surface area (Å²) in [6.07, 6.45) is 1.78. The summed E-state index contributed by atoms with van der Waals surface area (Å²) in [6, 6.07) is 13.8. The molecule has 0 atom stereocenters. The number of ether oxygens (including phenoxy) is 2. The fraction of sp³-hybridized carbons (Fsp3) is 0.188. The minimum absolute atomic E-state index is 0.505. The van der Waals surface area contributed by atoms with E-state index in [0.29, 0.717) is 12.4 Å². The molecule has 0 saturated carbocycles. The summed E-state index contributed by atoms with van der Waals surface area (Å²) in [5.74, 6) is 1.43. The van der Waals surface area contributed by atoms with Gasteiger partial charge in [0, 0.05) is 17.7 Å². The minimum atomic E-state index is 0.505.